The van der Waals surface area contributed by atoms with Crippen molar-refractivity contribution < 1.29 is 19.4 Å². The van der Waals surface area contributed by atoms with Gasteiger partial charge in [-0.15, -0.1) is 0 Å². The van der Waals surface area contributed by atoms with Crippen LogP contribution in [-0.4, -0.2) is 30.3 Å². The highest BCUT2D eigenvalue weighted by Crippen LogP contribution is 2.19. The fourth-order valence-corrected chi connectivity index (χ4v) is 1.18. The van der Waals surface area contributed by atoms with Crippen LogP contribution in [0.4, 0.5) is 16.2 Å². The molecule has 92 valence electrons. The third-order valence-corrected chi connectivity index (χ3v) is 1.96. The SMILES string of the molecule is NC(=O)OCCNc1cc(C(=O)O)ccc1N. The number of primary amides is 1. The average molecular weight is 239 g/mol. The maximum Gasteiger partial charge on any atom is 0.404 e. The van der Waals surface area contributed by atoms with E-state index < -0.39 is 12.1 Å². The van der Waals surface area contributed by atoms with Crippen LogP contribution in [-0.2, 0) is 4.74 Å². The number of hydrogen-bond donors (Lipinski definition) is 4. The molecular formula is C10H13N3O4. The summed E-state index contributed by atoms with van der Waals surface area (Å²) in [6, 6.07) is 4.30. The van der Waals surface area contributed by atoms with Gasteiger partial charge in [-0.2, -0.15) is 0 Å². The number of nitrogen functional groups attached to an aromatic ring is 1. The Morgan fingerprint density at radius 2 is 2.12 bits per heavy atom. The monoisotopic (exact) mass is 239 g/mol. The summed E-state index contributed by atoms with van der Waals surface area (Å²) in [7, 11) is 0. The van der Waals surface area contributed by atoms with E-state index in [0.29, 0.717) is 11.4 Å². The molecule has 0 aromatic heterocycles. The Balaban J connectivity index is 2.60. The minimum atomic E-state index is -1.04. The zero-order valence-electron chi connectivity index (χ0n) is 8.97. The Kier molecular flexibility index (Phi) is 4.15. The highest BCUT2D eigenvalue weighted by atomic mass is 16.5. The number of nitrogens with two attached hydrogens (primary N) is 2. The molecule has 0 spiro atoms. The number of rotatable bonds is 5. The number of nitrogens with one attached hydrogen (secondary N) is 1. The van der Waals surface area contributed by atoms with Gasteiger partial charge in [-0.25, -0.2) is 9.59 Å². The Morgan fingerprint density at radius 1 is 1.41 bits per heavy atom. The first-order valence-corrected chi connectivity index (χ1v) is 4.79. The second kappa shape index (κ2) is 5.59. The number of aromatic carboxylic acids is 1. The van der Waals surface area contributed by atoms with Crippen LogP contribution in [0, 0.1) is 0 Å². The number of carboxylic acid groups (broad SMARTS) is 1. The third kappa shape index (κ3) is 3.90. The number of carbonyl (C=O) groups is 2. The lowest BCUT2D eigenvalue weighted by Crippen LogP contribution is -2.18. The molecule has 0 atom stereocenters. The lowest BCUT2D eigenvalue weighted by molar-refractivity contribution is 0.0697. The molecule has 0 aliphatic carbocycles. The molecule has 0 saturated heterocycles. The Hall–Kier alpha value is -2.44. The standard InChI is InChI=1S/C10H13N3O4/c11-7-2-1-6(9(14)15)5-8(7)13-3-4-17-10(12)16/h1-2,5,13H,3-4,11H2,(H2,12,16)(H,14,15). The summed E-state index contributed by atoms with van der Waals surface area (Å²) >= 11 is 0. The van der Waals surface area contributed by atoms with Gasteiger partial charge in [0.05, 0.1) is 16.9 Å². The molecule has 17 heavy (non-hydrogen) atoms. The van der Waals surface area contributed by atoms with Gasteiger partial charge in [-0.1, -0.05) is 0 Å². The van der Waals surface area contributed by atoms with Gasteiger partial charge in [0.2, 0.25) is 0 Å². The fourth-order valence-electron chi connectivity index (χ4n) is 1.18. The van der Waals surface area contributed by atoms with Crippen molar-refractivity contribution in [3.05, 3.63) is 23.8 Å². The molecule has 0 fully saturated rings. The number of benzene rings is 1. The predicted molar refractivity (Wildman–Crippen MR) is 61.8 cm³/mol. The third-order valence-electron chi connectivity index (χ3n) is 1.96. The molecule has 0 aliphatic heterocycles. The summed E-state index contributed by atoms with van der Waals surface area (Å²) in [5.41, 5.74) is 11.4. The number of anilines is 2. The van der Waals surface area contributed by atoms with Crippen LogP contribution >= 0.6 is 0 Å². The average Bonchev–Trinajstić information content (AvgIpc) is 2.25. The summed E-state index contributed by atoms with van der Waals surface area (Å²) in [5.74, 6) is -1.04. The molecule has 0 bridgehead atoms. The summed E-state index contributed by atoms with van der Waals surface area (Å²) in [5, 5.41) is 11.6. The van der Waals surface area contributed by atoms with Gasteiger partial charge in [-0.05, 0) is 18.2 Å². The minimum Gasteiger partial charge on any atom is -0.478 e. The Labute approximate surface area is 97.4 Å². The topological polar surface area (TPSA) is 128 Å². The predicted octanol–water partition coefficient (Wildman–Crippen LogP) is 0.474. The zero-order chi connectivity index (χ0) is 12.8. The molecule has 1 aromatic carbocycles. The van der Waals surface area contributed by atoms with Gasteiger partial charge in [0, 0.05) is 6.54 Å². The molecule has 0 aliphatic rings. The van der Waals surface area contributed by atoms with E-state index in [1.807, 2.05) is 0 Å². The molecule has 7 heteroatoms. The quantitative estimate of drug-likeness (QED) is 0.437. The highest BCUT2D eigenvalue weighted by molar-refractivity contribution is 5.90. The largest absolute Gasteiger partial charge is 0.478 e. The number of ether oxygens (including phenoxy) is 1. The van der Waals surface area contributed by atoms with Crippen LogP contribution < -0.4 is 16.8 Å². The van der Waals surface area contributed by atoms with Crippen molar-refractivity contribution in [1.82, 2.24) is 0 Å². The maximum atomic E-state index is 10.7. The lowest BCUT2D eigenvalue weighted by Gasteiger charge is -2.09. The van der Waals surface area contributed by atoms with E-state index >= 15 is 0 Å². The van der Waals surface area contributed by atoms with Crippen molar-refractivity contribution in [3.8, 4) is 0 Å². The smallest absolute Gasteiger partial charge is 0.404 e. The van der Waals surface area contributed by atoms with Crippen LogP contribution in [0.3, 0.4) is 0 Å². The number of hydrogen-bond acceptors (Lipinski definition) is 5. The van der Waals surface area contributed by atoms with E-state index in [1.165, 1.54) is 18.2 Å². The van der Waals surface area contributed by atoms with Gasteiger partial charge >= 0.3 is 12.1 Å². The first-order chi connectivity index (χ1) is 8.00. The molecule has 0 unspecified atom stereocenters. The van der Waals surface area contributed by atoms with E-state index in [-0.39, 0.29) is 18.7 Å². The first-order valence-electron chi connectivity index (χ1n) is 4.79. The van der Waals surface area contributed by atoms with E-state index in [1.54, 1.807) is 0 Å². The van der Waals surface area contributed by atoms with Crippen molar-refractivity contribution in [2.24, 2.45) is 5.73 Å². The molecule has 0 saturated carbocycles. The maximum absolute atomic E-state index is 10.7. The lowest BCUT2D eigenvalue weighted by atomic mass is 10.2. The van der Waals surface area contributed by atoms with E-state index in [9.17, 15) is 9.59 Å². The second-order valence-electron chi connectivity index (χ2n) is 3.20. The molecule has 0 heterocycles. The van der Waals surface area contributed by atoms with Gasteiger partial charge in [-0.3, -0.25) is 0 Å². The number of amides is 1. The van der Waals surface area contributed by atoms with Gasteiger partial charge in [0.15, 0.2) is 0 Å². The van der Waals surface area contributed by atoms with Crippen molar-refractivity contribution in [1.29, 1.82) is 0 Å². The van der Waals surface area contributed by atoms with E-state index in [2.05, 4.69) is 10.1 Å². The van der Waals surface area contributed by atoms with Gasteiger partial charge < -0.3 is 26.6 Å². The molecule has 1 aromatic rings. The van der Waals surface area contributed by atoms with Gasteiger partial charge in [0.1, 0.15) is 6.61 Å². The first kappa shape index (κ1) is 12.6. The Morgan fingerprint density at radius 3 is 2.71 bits per heavy atom. The molecule has 0 radical (unpaired) electrons. The molecule has 1 amide bonds. The van der Waals surface area contributed by atoms with Crippen molar-refractivity contribution in [2.75, 3.05) is 24.2 Å². The van der Waals surface area contributed by atoms with Crippen LogP contribution in [0.5, 0.6) is 0 Å². The number of carbonyl (C=O) groups excluding carboxylic acids is 1. The van der Waals surface area contributed by atoms with Crippen LogP contribution in [0.15, 0.2) is 18.2 Å². The zero-order valence-corrected chi connectivity index (χ0v) is 8.97. The molecule has 7 nitrogen and oxygen atoms in total. The van der Waals surface area contributed by atoms with Gasteiger partial charge in [0.25, 0.3) is 0 Å². The molecular weight excluding hydrogens is 226 g/mol. The number of carboxylic acids is 1. The second-order valence-corrected chi connectivity index (χ2v) is 3.20. The molecule has 6 N–H and O–H groups in total. The van der Waals surface area contributed by atoms with E-state index in [0.717, 1.165) is 0 Å². The summed E-state index contributed by atoms with van der Waals surface area (Å²) < 4.78 is 4.50. The van der Waals surface area contributed by atoms with Crippen molar-refractivity contribution >= 4 is 23.4 Å². The minimum absolute atomic E-state index is 0.0755. The van der Waals surface area contributed by atoms with Crippen LogP contribution in [0.25, 0.3) is 0 Å². The van der Waals surface area contributed by atoms with Crippen molar-refractivity contribution in [3.63, 3.8) is 0 Å². The van der Waals surface area contributed by atoms with Crippen LogP contribution in [0.1, 0.15) is 10.4 Å². The summed E-state index contributed by atoms with van der Waals surface area (Å²) in [6.07, 6.45) is -0.862. The van der Waals surface area contributed by atoms with Crippen LogP contribution in [0.2, 0.25) is 0 Å². The summed E-state index contributed by atoms with van der Waals surface area (Å²) in [6.45, 7) is 0.363. The molecule has 1 rings (SSSR count). The Bertz CT molecular complexity index is 434. The van der Waals surface area contributed by atoms with Crippen molar-refractivity contribution in [2.45, 2.75) is 0 Å². The van der Waals surface area contributed by atoms with E-state index in [4.69, 9.17) is 16.6 Å². The highest BCUT2D eigenvalue weighted by Gasteiger charge is 2.06. The normalized spacial score (nSPS) is 9.65. The summed E-state index contributed by atoms with van der Waals surface area (Å²) in [4.78, 5) is 21.0. The fraction of sp³-hybridized carbons (Fsp3) is 0.200.